The molecule has 0 aliphatic rings. The maximum Gasteiger partial charge on any atom is 0.271 e. The van der Waals surface area contributed by atoms with Crippen LogP contribution in [0.2, 0.25) is 10.0 Å². The fourth-order valence-electron chi connectivity index (χ4n) is 2.80. The number of hydrazone groups is 1. The number of rotatable bonds is 9. The van der Waals surface area contributed by atoms with Crippen LogP contribution in [0, 0.1) is 10.1 Å². The van der Waals surface area contributed by atoms with E-state index in [-0.39, 0.29) is 17.3 Å². The highest BCUT2D eigenvalue weighted by atomic mass is 79.9. The van der Waals surface area contributed by atoms with Gasteiger partial charge in [0.05, 0.1) is 32.3 Å². The van der Waals surface area contributed by atoms with Crippen molar-refractivity contribution >= 4 is 56.9 Å². The third kappa shape index (κ3) is 6.69. The minimum Gasteiger partial charge on any atom is -0.490 e. The molecule has 0 aliphatic heterocycles. The van der Waals surface area contributed by atoms with Gasteiger partial charge in [-0.3, -0.25) is 14.9 Å². The van der Waals surface area contributed by atoms with Crippen LogP contribution in [0.3, 0.4) is 0 Å². The number of nitrogens with one attached hydrogen (secondary N) is 1. The fraction of sp³-hybridized carbons (Fsp3) is 0.130. The molecular weight excluding hydrogens is 549 g/mol. The number of carbonyl (C=O) groups excluding carboxylic acids is 1. The van der Waals surface area contributed by atoms with Crippen molar-refractivity contribution in [1.82, 2.24) is 5.43 Å². The van der Waals surface area contributed by atoms with Crippen LogP contribution in [0.1, 0.15) is 28.4 Å². The molecular formula is C23H18BrCl2N3O5. The number of non-ortho nitro benzene ring substituents is 1. The number of hydrogen-bond acceptors (Lipinski definition) is 6. The van der Waals surface area contributed by atoms with Crippen LogP contribution in [-0.4, -0.2) is 23.7 Å². The average Bonchev–Trinajstić information content (AvgIpc) is 2.80. The monoisotopic (exact) mass is 565 g/mol. The van der Waals surface area contributed by atoms with Gasteiger partial charge in [0, 0.05) is 17.7 Å². The predicted molar refractivity (Wildman–Crippen MR) is 134 cm³/mol. The second kappa shape index (κ2) is 11.8. The molecule has 0 unspecified atom stereocenters. The molecule has 0 radical (unpaired) electrons. The lowest BCUT2D eigenvalue weighted by Crippen LogP contribution is -2.17. The van der Waals surface area contributed by atoms with E-state index in [2.05, 4.69) is 26.5 Å². The Morgan fingerprint density at radius 2 is 1.85 bits per heavy atom. The fourth-order valence-corrected chi connectivity index (χ4v) is 3.67. The Morgan fingerprint density at radius 3 is 2.50 bits per heavy atom. The van der Waals surface area contributed by atoms with E-state index in [0.29, 0.717) is 38.7 Å². The van der Waals surface area contributed by atoms with E-state index in [1.165, 1.54) is 30.5 Å². The second-order valence-electron chi connectivity index (χ2n) is 6.80. The molecule has 0 heterocycles. The Hall–Kier alpha value is -3.14. The van der Waals surface area contributed by atoms with Gasteiger partial charge in [-0.05, 0) is 76.4 Å². The topological polar surface area (TPSA) is 103 Å². The van der Waals surface area contributed by atoms with Crippen LogP contribution in [0.25, 0.3) is 0 Å². The zero-order valence-electron chi connectivity index (χ0n) is 17.8. The molecule has 176 valence electrons. The van der Waals surface area contributed by atoms with Crippen LogP contribution in [-0.2, 0) is 6.61 Å². The van der Waals surface area contributed by atoms with Crippen LogP contribution < -0.4 is 14.9 Å². The number of nitro benzene ring substituents is 1. The summed E-state index contributed by atoms with van der Waals surface area (Å²) in [7, 11) is 0. The van der Waals surface area contributed by atoms with Crippen molar-refractivity contribution in [3.05, 3.63) is 95.9 Å². The van der Waals surface area contributed by atoms with Crippen molar-refractivity contribution in [2.75, 3.05) is 6.61 Å². The molecule has 34 heavy (non-hydrogen) atoms. The van der Waals surface area contributed by atoms with E-state index in [0.717, 1.165) is 5.56 Å². The minimum absolute atomic E-state index is 0.00910. The summed E-state index contributed by atoms with van der Waals surface area (Å²) in [5.74, 6) is 0.496. The molecule has 3 aromatic carbocycles. The van der Waals surface area contributed by atoms with Crippen molar-refractivity contribution in [3.8, 4) is 11.5 Å². The third-order valence-corrected chi connectivity index (χ3v) is 5.75. The van der Waals surface area contributed by atoms with Crippen molar-refractivity contribution in [1.29, 1.82) is 0 Å². The lowest BCUT2D eigenvalue weighted by molar-refractivity contribution is -0.384. The Bertz CT molecular complexity index is 1240. The minimum atomic E-state index is -0.457. The molecule has 0 fully saturated rings. The number of carbonyl (C=O) groups is 1. The Morgan fingerprint density at radius 1 is 1.12 bits per heavy atom. The van der Waals surface area contributed by atoms with Gasteiger partial charge < -0.3 is 9.47 Å². The van der Waals surface area contributed by atoms with Gasteiger partial charge in [-0.2, -0.15) is 5.10 Å². The molecule has 3 rings (SSSR count). The maximum atomic E-state index is 12.2. The predicted octanol–water partition coefficient (Wildman–Crippen LogP) is 6.41. The first kappa shape index (κ1) is 25.5. The van der Waals surface area contributed by atoms with Crippen LogP contribution in [0.15, 0.2) is 64.2 Å². The molecule has 1 N–H and O–H groups in total. The normalized spacial score (nSPS) is 10.8. The van der Waals surface area contributed by atoms with Gasteiger partial charge >= 0.3 is 0 Å². The summed E-state index contributed by atoms with van der Waals surface area (Å²) in [6.07, 6.45) is 1.46. The summed E-state index contributed by atoms with van der Waals surface area (Å²) in [5.41, 5.74) is 4.16. The van der Waals surface area contributed by atoms with Gasteiger partial charge in [-0.25, -0.2) is 5.43 Å². The van der Waals surface area contributed by atoms with Crippen LogP contribution in [0.4, 0.5) is 5.69 Å². The number of amides is 1. The largest absolute Gasteiger partial charge is 0.490 e. The Kier molecular flexibility index (Phi) is 8.86. The molecule has 3 aromatic rings. The number of ether oxygens (including phenoxy) is 2. The van der Waals surface area contributed by atoms with E-state index in [9.17, 15) is 14.9 Å². The van der Waals surface area contributed by atoms with Gasteiger partial charge in [0.25, 0.3) is 11.6 Å². The Labute approximate surface area is 213 Å². The van der Waals surface area contributed by atoms with Gasteiger partial charge in [0.15, 0.2) is 11.5 Å². The summed E-state index contributed by atoms with van der Waals surface area (Å²) in [6.45, 7) is 2.42. The number of benzene rings is 3. The number of hydrogen-bond donors (Lipinski definition) is 1. The summed E-state index contributed by atoms with van der Waals surface area (Å²) < 4.78 is 12.2. The van der Waals surface area contributed by atoms with Crippen molar-refractivity contribution in [3.63, 3.8) is 0 Å². The molecule has 11 heteroatoms. The quantitative estimate of drug-likeness (QED) is 0.183. The van der Waals surface area contributed by atoms with Gasteiger partial charge in [-0.1, -0.05) is 23.2 Å². The molecule has 1 amide bonds. The van der Waals surface area contributed by atoms with Crippen LogP contribution >= 0.6 is 39.1 Å². The van der Waals surface area contributed by atoms with E-state index in [4.69, 9.17) is 32.7 Å². The first-order valence-corrected chi connectivity index (χ1v) is 11.4. The van der Waals surface area contributed by atoms with E-state index in [1.807, 2.05) is 6.92 Å². The maximum absolute atomic E-state index is 12.2. The first-order chi connectivity index (χ1) is 16.3. The lowest BCUT2D eigenvalue weighted by atomic mass is 10.2. The summed E-state index contributed by atoms with van der Waals surface area (Å²) in [6, 6.07) is 14.1. The van der Waals surface area contributed by atoms with Gasteiger partial charge in [0.2, 0.25) is 0 Å². The Balaban J connectivity index is 1.71. The highest BCUT2D eigenvalue weighted by molar-refractivity contribution is 9.10. The molecule has 8 nitrogen and oxygen atoms in total. The molecule has 0 atom stereocenters. The SMILES string of the molecule is CCOc1cc(/C=N\NC(=O)c2ccc(Cl)c(Cl)c2)cc(Br)c1OCc1ccc([N+](=O)[O-])cc1. The van der Waals surface area contributed by atoms with Crippen molar-refractivity contribution < 1.29 is 19.2 Å². The lowest BCUT2D eigenvalue weighted by Gasteiger charge is -2.14. The van der Waals surface area contributed by atoms with Gasteiger partial charge in [0.1, 0.15) is 6.61 Å². The van der Waals surface area contributed by atoms with E-state index < -0.39 is 10.8 Å². The van der Waals surface area contributed by atoms with Crippen molar-refractivity contribution in [2.45, 2.75) is 13.5 Å². The third-order valence-electron chi connectivity index (χ3n) is 4.42. The smallest absolute Gasteiger partial charge is 0.271 e. The number of nitro groups is 1. The molecule has 0 aromatic heterocycles. The average molecular weight is 567 g/mol. The highest BCUT2D eigenvalue weighted by Gasteiger charge is 2.13. The molecule has 0 saturated carbocycles. The molecule has 0 saturated heterocycles. The number of nitrogens with zero attached hydrogens (tertiary/aromatic N) is 2. The standard InChI is InChI=1S/C23H18BrCl2N3O5/c1-2-33-21-10-15(12-27-28-23(30)16-5-8-19(25)20(26)11-16)9-18(24)22(21)34-13-14-3-6-17(7-4-14)29(31)32/h3-12H,2,13H2,1H3,(H,28,30)/b27-12-. The zero-order valence-corrected chi connectivity index (χ0v) is 20.9. The van der Waals surface area contributed by atoms with Crippen molar-refractivity contribution in [2.24, 2.45) is 5.10 Å². The zero-order chi connectivity index (χ0) is 24.7. The summed E-state index contributed by atoms with van der Waals surface area (Å²) in [4.78, 5) is 22.6. The molecule has 0 aliphatic carbocycles. The van der Waals surface area contributed by atoms with E-state index >= 15 is 0 Å². The second-order valence-corrected chi connectivity index (χ2v) is 8.47. The van der Waals surface area contributed by atoms with Gasteiger partial charge in [-0.15, -0.1) is 0 Å². The highest BCUT2D eigenvalue weighted by Crippen LogP contribution is 2.37. The summed E-state index contributed by atoms with van der Waals surface area (Å²) in [5, 5.41) is 15.4. The number of halogens is 3. The van der Waals surface area contributed by atoms with Crippen LogP contribution in [0.5, 0.6) is 11.5 Å². The molecule has 0 bridgehead atoms. The molecule has 0 spiro atoms. The first-order valence-electron chi connectivity index (χ1n) is 9.89. The van der Waals surface area contributed by atoms with E-state index in [1.54, 1.807) is 30.3 Å². The summed E-state index contributed by atoms with van der Waals surface area (Å²) >= 11 is 15.3.